The summed E-state index contributed by atoms with van der Waals surface area (Å²) in [4.78, 5) is 24.3. The highest BCUT2D eigenvalue weighted by Gasteiger charge is 2.35. The molecule has 18 heavy (non-hydrogen) atoms. The van der Waals surface area contributed by atoms with Gasteiger partial charge in [0.05, 0.1) is 0 Å². The van der Waals surface area contributed by atoms with E-state index in [1.807, 2.05) is 4.90 Å². The number of hydrogen-bond acceptors (Lipinski definition) is 3. The fourth-order valence-electron chi connectivity index (χ4n) is 2.23. The first kappa shape index (κ1) is 11.3. The summed E-state index contributed by atoms with van der Waals surface area (Å²) in [5, 5.41) is 15.2. The molecule has 0 bridgehead atoms. The molecule has 0 aromatic carbocycles. The average molecular weight is 249 g/mol. The van der Waals surface area contributed by atoms with E-state index in [1.165, 1.54) is 12.8 Å². The SMILES string of the molecule is O=C(O)c1cc(C2CN(C(=O)CC3CC3)C2)[nH]n1. The molecular formula is C12H15N3O3. The van der Waals surface area contributed by atoms with Crippen molar-refractivity contribution in [3.63, 3.8) is 0 Å². The highest BCUT2D eigenvalue weighted by atomic mass is 16.4. The van der Waals surface area contributed by atoms with E-state index < -0.39 is 5.97 Å². The smallest absolute Gasteiger partial charge is 0.356 e. The molecule has 2 N–H and O–H groups in total. The molecule has 2 aliphatic rings. The molecule has 3 rings (SSSR count). The van der Waals surface area contributed by atoms with Gasteiger partial charge in [-0.2, -0.15) is 5.10 Å². The quantitative estimate of drug-likeness (QED) is 0.827. The maximum absolute atomic E-state index is 11.8. The number of carbonyl (C=O) groups excluding carboxylic acids is 1. The van der Waals surface area contributed by atoms with Gasteiger partial charge in [0.25, 0.3) is 0 Å². The zero-order valence-electron chi connectivity index (χ0n) is 9.93. The van der Waals surface area contributed by atoms with Crippen LogP contribution in [0.1, 0.15) is 41.4 Å². The standard InChI is InChI=1S/C12H15N3O3/c16-11(3-7-1-2-7)15-5-8(6-15)9-4-10(12(17)18)14-13-9/h4,7-8H,1-3,5-6H2,(H,13,14)(H,17,18). The normalized spacial score (nSPS) is 19.7. The van der Waals surface area contributed by atoms with Crippen molar-refractivity contribution in [3.05, 3.63) is 17.5 Å². The Bertz CT molecular complexity index is 487. The Morgan fingerprint density at radius 1 is 1.44 bits per heavy atom. The van der Waals surface area contributed by atoms with Gasteiger partial charge in [-0.25, -0.2) is 4.79 Å². The van der Waals surface area contributed by atoms with Crippen molar-refractivity contribution < 1.29 is 14.7 Å². The summed E-state index contributed by atoms with van der Waals surface area (Å²) < 4.78 is 0. The van der Waals surface area contributed by atoms with Gasteiger partial charge in [0, 0.05) is 31.1 Å². The first-order valence-electron chi connectivity index (χ1n) is 6.20. The summed E-state index contributed by atoms with van der Waals surface area (Å²) in [6.45, 7) is 1.35. The van der Waals surface area contributed by atoms with E-state index in [-0.39, 0.29) is 17.5 Å². The molecule has 1 amide bonds. The molecule has 1 aliphatic heterocycles. The lowest BCUT2D eigenvalue weighted by Crippen LogP contribution is -2.48. The summed E-state index contributed by atoms with van der Waals surface area (Å²) in [7, 11) is 0. The van der Waals surface area contributed by atoms with Crippen LogP contribution in [0.3, 0.4) is 0 Å². The number of nitrogens with one attached hydrogen (secondary N) is 1. The molecule has 1 saturated carbocycles. The number of hydrogen-bond donors (Lipinski definition) is 2. The topological polar surface area (TPSA) is 86.3 Å². The van der Waals surface area contributed by atoms with Crippen molar-refractivity contribution in [2.75, 3.05) is 13.1 Å². The van der Waals surface area contributed by atoms with Gasteiger partial charge in [0.2, 0.25) is 5.91 Å². The third-order valence-corrected chi connectivity index (χ3v) is 3.65. The molecule has 6 nitrogen and oxygen atoms in total. The molecule has 1 aromatic rings. The number of aromatic carboxylic acids is 1. The number of carboxylic acids is 1. The van der Waals surface area contributed by atoms with Gasteiger partial charge in [-0.05, 0) is 24.8 Å². The highest BCUT2D eigenvalue weighted by Crippen LogP contribution is 2.35. The fourth-order valence-corrected chi connectivity index (χ4v) is 2.23. The Balaban J connectivity index is 1.54. The summed E-state index contributed by atoms with van der Waals surface area (Å²) >= 11 is 0. The van der Waals surface area contributed by atoms with E-state index in [0.29, 0.717) is 25.4 Å². The molecule has 6 heteroatoms. The number of nitrogens with zero attached hydrogens (tertiary/aromatic N) is 2. The number of aromatic amines is 1. The van der Waals surface area contributed by atoms with Crippen LogP contribution in [-0.2, 0) is 4.79 Å². The predicted octanol–water partition coefficient (Wildman–Crippen LogP) is 0.834. The molecule has 0 spiro atoms. The Hall–Kier alpha value is -1.85. The van der Waals surface area contributed by atoms with E-state index in [0.717, 1.165) is 5.69 Å². The van der Waals surface area contributed by atoms with Crippen molar-refractivity contribution in [1.82, 2.24) is 15.1 Å². The molecule has 0 unspecified atom stereocenters. The Morgan fingerprint density at radius 3 is 2.72 bits per heavy atom. The summed E-state index contributed by atoms with van der Waals surface area (Å²) in [6, 6.07) is 1.55. The first-order valence-corrected chi connectivity index (χ1v) is 6.20. The van der Waals surface area contributed by atoms with Crippen LogP contribution >= 0.6 is 0 Å². The molecular weight excluding hydrogens is 234 g/mol. The van der Waals surface area contributed by atoms with Gasteiger partial charge < -0.3 is 10.0 Å². The first-order chi connectivity index (χ1) is 8.63. The van der Waals surface area contributed by atoms with Crippen molar-refractivity contribution in [2.24, 2.45) is 5.92 Å². The predicted molar refractivity (Wildman–Crippen MR) is 62.2 cm³/mol. The minimum absolute atomic E-state index is 0.0350. The third kappa shape index (κ3) is 2.10. The lowest BCUT2D eigenvalue weighted by molar-refractivity contribution is -0.136. The summed E-state index contributed by atoms with van der Waals surface area (Å²) in [5.41, 5.74) is 0.843. The van der Waals surface area contributed by atoms with Gasteiger partial charge in [0.1, 0.15) is 0 Å². The lowest BCUT2D eigenvalue weighted by atomic mass is 9.95. The second-order valence-corrected chi connectivity index (χ2v) is 5.16. The maximum atomic E-state index is 11.8. The van der Waals surface area contributed by atoms with E-state index in [1.54, 1.807) is 6.07 Å². The number of carbonyl (C=O) groups is 2. The second-order valence-electron chi connectivity index (χ2n) is 5.16. The van der Waals surface area contributed by atoms with Crippen LogP contribution in [0.25, 0.3) is 0 Å². The maximum Gasteiger partial charge on any atom is 0.356 e. The minimum Gasteiger partial charge on any atom is -0.476 e. The van der Waals surface area contributed by atoms with Gasteiger partial charge in [-0.1, -0.05) is 0 Å². The number of H-pyrrole nitrogens is 1. The van der Waals surface area contributed by atoms with Crippen LogP contribution in [0.4, 0.5) is 0 Å². The third-order valence-electron chi connectivity index (χ3n) is 3.65. The molecule has 1 saturated heterocycles. The van der Waals surface area contributed by atoms with Crippen molar-refractivity contribution >= 4 is 11.9 Å². The van der Waals surface area contributed by atoms with E-state index >= 15 is 0 Å². The molecule has 2 fully saturated rings. The highest BCUT2D eigenvalue weighted by molar-refractivity contribution is 5.85. The Morgan fingerprint density at radius 2 is 2.17 bits per heavy atom. The monoisotopic (exact) mass is 249 g/mol. The number of aromatic nitrogens is 2. The molecule has 0 radical (unpaired) electrons. The van der Waals surface area contributed by atoms with Crippen molar-refractivity contribution in [2.45, 2.75) is 25.2 Å². The molecule has 96 valence electrons. The summed E-state index contributed by atoms with van der Waals surface area (Å²) in [5.74, 6) is 0.0151. The van der Waals surface area contributed by atoms with Crippen LogP contribution in [0.2, 0.25) is 0 Å². The second kappa shape index (κ2) is 4.12. The van der Waals surface area contributed by atoms with Gasteiger partial charge in [-0.3, -0.25) is 9.89 Å². The van der Waals surface area contributed by atoms with E-state index in [4.69, 9.17) is 5.11 Å². The molecule has 0 atom stereocenters. The minimum atomic E-state index is -1.03. The van der Waals surface area contributed by atoms with Crippen molar-refractivity contribution in [3.8, 4) is 0 Å². The fraction of sp³-hybridized carbons (Fsp3) is 0.583. The number of rotatable bonds is 4. The van der Waals surface area contributed by atoms with E-state index in [9.17, 15) is 9.59 Å². The van der Waals surface area contributed by atoms with Gasteiger partial charge in [0.15, 0.2) is 5.69 Å². The van der Waals surface area contributed by atoms with Crippen LogP contribution in [-0.4, -0.2) is 45.2 Å². The number of amides is 1. The zero-order chi connectivity index (χ0) is 12.7. The van der Waals surface area contributed by atoms with Gasteiger partial charge in [-0.15, -0.1) is 0 Å². The Labute approximate surface area is 104 Å². The molecule has 1 aromatic heterocycles. The van der Waals surface area contributed by atoms with Gasteiger partial charge >= 0.3 is 5.97 Å². The van der Waals surface area contributed by atoms with E-state index in [2.05, 4.69) is 10.2 Å². The van der Waals surface area contributed by atoms with Crippen molar-refractivity contribution in [1.29, 1.82) is 0 Å². The number of carboxylic acid groups (broad SMARTS) is 1. The number of likely N-dealkylation sites (tertiary alicyclic amines) is 1. The Kier molecular flexibility index (Phi) is 2.57. The lowest BCUT2D eigenvalue weighted by Gasteiger charge is -2.38. The van der Waals surface area contributed by atoms with Crippen LogP contribution in [0.5, 0.6) is 0 Å². The summed E-state index contributed by atoms with van der Waals surface area (Å²) in [6.07, 6.45) is 3.05. The largest absolute Gasteiger partial charge is 0.476 e. The van der Waals surface area contributed by atoms with Crippen LogP contribution in [0, 0.1) is 5.92 Å². The average Bonchev–Trinajstić information content (AvgIpc) is 2.92. The van der Waals surface area contributed by atoms with Crippen LogP contribution in [0.15, 0.2) is 6.07 Å². The molecule has 2 heterocycles. The van der Waals surface area contributed by atoms with Crippen LogP contribution < -0.4 is 0 Å². The molecule has 1 aliphatic carbocycles. The zero-order valence-corrected chi connectivity index (χ0v) is 9.93.